The van der Waals surface area contributed by atoms with Crippen molar-refractivity contribution in [3.05, 3.63) is 71.3 Å². The Kier molecular flexibility index (Phi) is 5.40. The molecule has 176 valence electrons. The van der Waals surface area contributed by atoms with Crippen molar-refractivity contribution in [2.24, 2.45) is 0 Å². The molecule has 0 spiro atoms. The first-order valence-corrected chi connectivity index (χ1v) is 11.0. The van der Waals surface area contributed by atoms with Crippen LogP contribution in [0.1, 0.15) is 16.7 Å². The number of nitrogens with one attached hydrogen (secondary N) is 2. The van der Waals surface area contributed by atoms with E-state index in [2.05, 4.69) is 10.0 Å². The fraction of sp³-hybridized carbons (Fsp3) is 0.0455. The number of aromatic hydroxyl groups is 3. The number of halogens is 3. The molecule has 3 aromatic rings. The zero-order valence-electron chi connectivity index (χ0n) is 16.9. The van der Waals surface area contributed by atoms with Gasteiger partial charge in [-0.1, -0.05) is 0 Å². The van der Waals surface area contributed by atoms with Gasteiger partial charge in [0.2, 0.25) is 5.75 Å². The Morgan fingerprint density at radius 3 is 2.24 bits per heavy atom. The maximum atomic E-state index is 12.8. The second kappa shape index (κ2) is 7.99. The van der Waals surface area contributed by atoms with E-state index < -0.39 is 44.9 Å². The zero-order chi connectivity index (χ0) is 24.8. The van der Waals surface area contributed by atoms with E-state index in [4.69, 9.17) is 0 Å². The van der Waals surface area contributed by atoms with Crippen LogP contribution in [-0.2, 0) is 21.0 Å². The van der Waals surface area contributed by atoms with E-state index in [1.54, 1.807) is 0 Å². The molecule has 3 aromatic carbocycles. The molecular formula is C22H15F3N2O6S. The first-order chi connectivity index (χ1) is 15.9. The molecule has 0 unspecified atom stereocenters. The van der Waals surface area contributed by atoms with E-state index in [0.29, 0.717) is 0 Å². The van der Waals surface area contributed by atoms with Crippen LogP contribution in [0.3, 0.4) is 0 Å². The fourth-order valence-corrected chi connectivity index (χ4v) is 4.36. The monoisotopic (exact) mass is 492 g/mol. The van der Waals surface area contributed by atoms with E-state index >= 15 is 0 Å². The average Bonchev–Trinajstić information content (AvgIpc) is 3.08. The van der Waals surface area contributed by atoms with Gasteiger partial charge in [0, 0.05) is 28.1 Å². The van der Waals surface area contributed by atoms with Gasteiger partial charge in [0.05, 0.1) is 10.5 Å². The number of hydrogen-bond donors (Lipinski definition) is 5. The number of benzene rings is 3. The first kappa shape index (κ1) is 23.0. The van der Waals surface area contributed by atoms with Crippen molar-refractivity contribution in [2.75, 3.05) is 10.0 Å². The van der Waals surface area contributed by atoms with Gasteiger partial charge >= 0.3 is 6.18 Å². The number of carbonyl (C=O) groups excluding carboxylic acids is 1. The van der Waals surface area contributed by atoms with Crippen molar-refractivity contribution in [3.8, 4) is 17.2 Å². The Morgan fingerprint density at radius 2 is 1.59 bits per heavy atom. The summed E-state index contributed by atoms with van der Waals surface area (Å²) in [5, 5.41) is 31.7. The molecule has 0 aliphatic carbocycles. The quantitative estimate of drug-likeness (QED) is 0.275. The van der Waals surface area contributed by atoms with Gasteiger partial charge < -0.3 is 20.6 Å². The molecule has 0 saturated heterocycles. The standard InChI is InChI=1S/C22H15F3N2O6S/c23-22(24,25)12-2-4-13(5-3-12)27-34(32,33)14-6-7-17-15(10-14)16(21(31)26-17)9-11-1-8-18(28)20(30)19(11)29/h1-10,27-30H,(H,26,31). The number of anilines is 2. The molecule has 0 atom stereocenters. The average molecular weight is 492 g/mol. The molecule has 34 heavy (non-hydrogen) atoms. The molecule has 0 saturated carbocycles. The Morgan fingerprint density at radius 1 is 0.912 bits per heavy atom. The summed E-state index contributed by atoms with van der Waals surface area (Å²) < 4.78 is 66.0. The van der Waals surface area contributed by atoms with Crippen LogP contribution in [0.4, 0.5) is 24.5 Å². The van der Waals surface area contributed by atoms with Crippen LogP contribution in [0, 0.1) is 0 Å². The van der Waals surface area contributed by atoms with Crippen LogP contribution >= 0.6 is 0 Å². The molecule has 0 bridgehead atoms. The van der Waals surface area contributed by atoms with Crippen LogP contribution < -0.4 is 10.0 Å². The second-order valence-electron chi connectivity index (χ2n) is 7.27. The number of hydrogen-bond acceptors (Lipinski definition) is 6. The smallest absolute Gasteiger partial charge is 0.416 e. The van der Waals surface area contributed by atoms with Crippen molar-refractivity contribution in [1.82, 2.24) is 0 Å². The number of alkyl halides is 3. The highest BCUT2D eigenvalue weighted by Gasteiger charge is 2.30. The van der Waals surface area contributed by atoms with Gasteiger partial charge in [-0.2, -0.15) is 13.2 Å². The summed E-state index contributed by atoms with van der Waals surface area (Å²) in [4.78, 5) is 12.2. The summed E-state index contributed by atoms with van der Waals surface area (Å²) in [7, 11) is -4.24. The SMILES string of the molecule is O=C1Nc2ccc(S(=O)(=O)Nc3ccc(C(F)(F)F)cc3)cc2C1=Cc1ccc(O)c(O)c1O. The third-order valence-corrected chi connectivity index (χ3v) is 6.39. The predicted molar refractivity (Wildman–Crippen MR) is 117 cm³/mol. The van der Waals surface area contributed by atoms with Gasteiger partial charge in [0.15, 0.2) is 11.5 Å². The van der Waals surface area contributed by atoms with Crippen molar-refractivity contribution >= 4 is 39.0 Å². The van der Waals surface area contributed by atoms with E-state index in [1.807, 2.05) is 0 Å². The summed E-state index contributed by atoms with van der Waals surface area (Å²) in [6, 6.07) is 9.51. The van der Waals surface area contributed by atoms with E-state index in [0.717, 1.165) is 30.3 Å². The molecule has 0 aromatic heterocycles. The third-order valence-electron chi connectivity index (χ3n) is 5.01. The number of phenols is 3. The second-order valence-corrected chi connectivity index (χ2v) is 8.95. The van der Waals surface area contributed by atoms with Crippen LogP contribution in [-0.4, -0.2) is 29.6 Å². The molecule has 5 N–H and O–H groups in total. The minimum Gasteiger partial charge on any atom is -0.504 e. The van der Waals surface area contributed by atoms with Gasteiger partial charge in [-0.3, -0.25) is 9.52 Å². The topological polar surface area (TPSA) is 136 Å². The van der Waals surface area contributed by atoms with Crippen LogP contribution in [0.2, 0.25) is 0 Å². The van der Waals surface area contributed by atoms with Crippen molar-refractivity contribution in [1.29, 1.82) is 0 Å². The summed E-state index contributed by atoms with van der Waals surface area (Å²) >= 11 is 0. The molecule has 1 amide bonds. The molecule has 12 heteroatoms. The maximum absolute atomic E-state index is 12.8. The lowest BCUT2D eigenvalue weighted by molar-refractivity contribution is -0.137. The van der Waals surface area contributed by atoms with E-state index in [9.17, 15) is 41.7 Å². The number of carbonyl (C=O) groups is 1. The molecule has 0 radical (unpaired) electrons. The Bertz CT molecular complexity index is 1450. The van der Waals surface area contributed by atoms with Crippen LogP contribution in [0.15, 0.2) is 59.5 Å². The molecule has 1 aliphatic heterocycles. The Labute approximate surface area is 190 Å². The van der Waals surface area contributed by atoms with Crippen LogP contribution in [0.25, 0.3) is 11.6 Å². The highest BCUT2D eigenvalue weighted by molar-refractivity contribution is 7.92. The normalized spacial score (nSPS) is 14.7. The lowest BCUT2D eigenvalue weighted by Crippen LogP contribution is -2.13. The Balaban J connectivity index is 1.69. The Hall–Kier alpha value is -4.19. The van der Waals surface area contributed by atoms with Crippen molar-refractivity contribution < 1.29 is 41.7 Å². The van der Waals surface area contributed by atoms with E-state index in [-0.39, 0.29) is 33.0 Å². The number of sulfonamides is 1. The predicted octanol–water partition coefficient (Wildman–Crippen LogP) is 4.12. The van der Waals surface area contributed by atoms with Crippen molar-refractivity contribution in [2.45, 2.75) is 11.1 Å². The third kappa shape index (κ3) is 4.22. The fourth-order valence-electron chi connectivity index (χ4n) is 3.28. The van der Waals surface area contributed by atoms with Gasteiger partial charge in [-0.05, 0) is 60.7 Å². The minimum absolute atomic E-state index is 0.00978. The largest absolute Gasteiger partial charge is 0.504 e. The summed E-state index contributed by atoms with van der Waals surface area (Å²) in [6.07, 6.45) is -3.36. The summed E-state index contributed by atoms with van der Waals surface area (Å²) in [5.74, 6) is -2.64. The zero-order valence-corrected chi connectivity index (χ0v) is 17.7. The molecule has 1 heterocycles. The number of amides is 1. The highest BCUT2D eigenvalue weighted by atomic mass is 32.2. The van der Waals surface area contributed by atoms with Gasteiger partial charge in [-0.15, -0.1) is 0 Å². The van der Waals surface area contributed by atoms with Gasteiger partial charge in [0.25, 0.3) is 15.9 Å². The molecular weight excluding hydrogens is 477 g/mol. The summed E-state index contributed by atoms with van der Waals surface area (Å²) in [6.45, 7) is 0. The minimum atomic E-state index is -4.57. The van der Waals surface area contributed by atoms with E-state index in [1.165, 1.54) is 30.3 Å². The summed E-state index contributed by atoms with van der Waals surface area (Å²) in [5.41, 5.74) is -0.607. The molecule has 4 rings (SSSR count). The first-order valence-electron chi connectivity index (χ1n) is 9.48. The van der Waals surface area contributed by atoms with Gasteiger partial charge in [0.1, 0.15) is 0 Å². The maximum Gasteiger partial charge on any atom is 0.416 e. The number of rotatable bonds is 4. The number of phenolic OH excluding ortho intramolecular Hbond substituents is 3. The van der Waals surface area contributed by atoms with Gasteiger partial charge in [-0.25, -0.2) is 8.42 Å². The van der Waals surface area contributed by atoms with Crippen LogP contribution in [0.5, 0.6) is 17.2 Å². The molecule has 8 nitrogen and oxygen atoms in total. The lowest BCUT2D eigenvalue weighted by atomic mass is 10.0. The molecule has 0 fully saturated rings. The number of fused-ring (bicyclic) bond motifs is 1. The molecule has 1 aliphatic rings. The highest BCUT2D eigenvalue weighted by Crippen LogP contribution is 2.41. The van der Waals surface area contributed by atoms with Crippen molar-refractivity contribution in [3.63, 3.8) is 0 Å². The lowest BCUT2D eigenvalue weighted by Gasteiger charge is -2.11.